The monoisotopic (exact) mass is 282 g/mol. The molecule has 4 heteroatoms. The number of benzene rings is 1. The van der Waals surface area contributed by atoms with Crippen LogP contribution in [-0.4, -0.2) is 22.6 Å². The fourth-order valence-electron chi connectivity index (χ4n) is 3.04. The van der Waals surface area contributed by atoms with E-state index in [2.05, 4.69) is 22.0 Å². The number of carbonyl (C=O) groups is 1. The van der Waals surface area contributed by atoms with Crippen LogP contribution in [0, 0.1) is 6.92 Å². The van der Waals surface area contributed by atoms with E-state index in [1.54, 1.807) is 0 Å². The Labute approximate surface area is 124 Å². The summed E-state index contributed by atoms with van der Waals surface area (Å²) in [6.45, 7) is 3.54. The first-order valence-corrected chi connectivity index (χ1v) is 7.09. The number of carboxylic acid groups (broad SMARTS) is 1. The fourth-order valence-corrected chi connectivity index (χ4v) is 3.04. The van der Waals surface area contributed by atoms with E-state index in [1.165, 1.54) is 0 Å². The van der Waals surface area contributed by atoms with Crippen molar-refractivity contribution in [3.05, 3.63) is 59.4 Å². The molecule has 1 aliphatic rings. The number of aromatic nitrogens is 1. The number of fused-ring (bicyclic) bond motifs is 1. The number of aryl methyl sites for hydroxylation is 1. The number of para-hydroxylation sites is 1. The average Bonchev–Trinajstić information content (AvgIpc) is 2.77. The summed E-state index contributed by atoms with van der Waals surface area (Å²) in [5.74, 6) is -0.676. The minimum absolute atomic E-state index is 0.0662. The Kier molecular flexibility index (Phi) is 3.60. The van der Waals surface area contributed by atoms with Crippen LogP contribution in [0.3, 0.4) is 0 Å². The van der Waals surface area contributed by atoms with Gasteiger partial charge in [-0.25, -0.2) is 0 Å². The minimum atomic E-state index is -0.742. The molecule has 0 bridgehead atoms. The molecule has 0 amide bonds. The van der Waals surface area contributed by atoms with Crippen molar-refractivity contribution in [2.24, 2.45) is 0 Å². The van der Waals surface area contributed by atoms with Crippen LogP contribution < -0.4 is 4.90 Å². The van der Waals surface area contributed by atoms with Gasteiger partial charge in [-0.15, -0.1) is 0 Å². The molecule has 0 radical (unpaired) electrons. The van der Waals surface area contributed by atoms with Gasteiger partial charge in [-0.05, 0) is 29.7 Å². The summed E-state index contributed by atoms with van der Waals surface area (Å²) in [7, 11) is 0. The van der Waals surface area contributed by atoms with Gasteiger partial charge in [0.2, 0.25) is 0 Å². The van der Waals surface area contributed by atoms with Crippen molar-refractivity contribution >= 4 is 11.7 Å². The van der Waals surface area contributed by atoms with Gasteiger partial charge >= 0.3 is 5.97 Å². The van der Waals surface area contributed by atoms with E-state index in [9.17, 15) is 4.79 Å². The molecule has 1 N–H and O–H groups in total. The Morgan fingerprint density at radius 3 is 2.95 bits per heavy atom. The summed E-state index contributed by atoms with van der Waals surface area (Å²) in [6.07, 6.45) is 3.90. The average molecular weight is 282 g/mol. The molecular weight excluding hydrogens is 264 g/mol. The van der Waals surface area contributed by atoms with Crippen LogP contribution in [0.1, 0.15) is 29.0 Å². The molecule has 4 nitrogen and oxygen atoms in total. The fraction of sp³-hybridized carbons (Fsp3) is 0.294. The maximum atomic E-state index is 11.0. The molecule has 0 aliphatic carbocycles. The highest BCUT2D eigenvalue weighted by molar-refractivity contribution is 5.71. The maximum absolute atomic E-state index is 11.0. The van der Waals surface area contributed by atoms with E-state index in [-0.39, 0.29) is 12.3 Å². The summed E-state index contributed by atoms with van der Waals surface area (Å²) in [5.41, 5.74) is 4.58. The zero-order valence-corrected chi connectivity index (χ0v) is 12.0. The predicted octanol–water partition coefficient (Wildman–Crippen LogP) is 2.97. The molecule has 0 fully saturated rings. The maximum Gasteiger partial charge on any atom is 0.304 e. The van der Waals surface area contributed by atoms with Gasteiger partial charge in [0.1, 0.15) is 0 Å². The van der Waals surface area contributed by atoms with E-state index in [0.29, 0.717) is 0 Å². The number of aliphatic carboxylic acids is 1. The summed E-state index contributed by atoms with van der Waals surface area (Å²) in [6, 6.07) is 10.2. The normalized spacial score (nSPS) is 16.8. The van der Waals surface area contributed by atoms with Gasteiger partial charge in [0, 0.05) is 37.1 Å². The third kappa shape index (κ3) is 2.89. The summed E-state index contributed by atoms with van der Waals surface area (Å²) >= 11 is 0. The summed E-state index contributed by atoms with van der Waals surface area (Å²) in [4.78, 5) is 17.5. The van der Waals surface area contributed by atoms with Crippen molar-refractivity contribution in [3.8, 4) is 0 Å². The number of carboxylic acids is 1. The molecule has 1 aromatic heterocycles. The third-order valence-corrected chi connectivity index (χ3v) is 3.88. The van der Waals surface area contributed by atoms with Gasteiger partial charge in [0.15, 0.2) is 0 Å². The molecular formula is C17H18N2O2. The van der Waals surface area contributed by atoms with Crippen molar-refractivity contribution in [1.29, 1.82) is 0 Å². The molecule has 2 aromatic rings. The molecule has 21 heavy (non-hydrogen) atoms. The Balaban J connectivity index is 1.85. The number of hydrogen-bond acceptors (Lipinski definition) is 3. The van der Waals surface area contributed by atoms with Crippen LogP contribution in [-0.2, 0) is 11.3 Å². The lowest BCUT2D eigenvalue weighted by atomic mass is 9.98. The van der Waals surface area contributed by atoms with E-state index in [4.69, 9.17) is 5.11 Å². The molecule has 0 saturated heterocycles. The van der Waals surface area contributed by atoms with Gasteiger partial charge in [0.05, 0.1) is 6.42 Å². The smallest absolute Gasteiger partial charge is 0.304 e. The van der Waals surface area contributed by atoms with Crippen LogP contribution in [0.15, 0.2) is 42.7 Å². The first-order valence-electron chi connectivity index (χ1n) is 7.09. The molecule has 0 spiro atoms. The molecule has 3 rings (SSSR count). The van der Waals surface area contributed by atoms with Gasteiger partial charge in [-0.3, -0.25) is 9.78 Å². The topological polar surface area (TPSA) is 53.4 Å². The zero-order valence-electron chi connectivity index (χ0n) is 12.0. The first-order chi connectivity index (χ1) is 10.1. The zero-order chi connectivity index (χ0) is 14.8. The lowest BCUT2D eigenvalue weighted by Gasteiger charge is -2.20. The molecule has 1 unspecified atom stereocenters. The highest BCUT2D eigenvalue weighted by Crippen LogP contribution is 2.38. The summed E-state index contributed by atoms with van der Waals surface area (Å²) < 4.78 is 0. The van der Waals surface area contributed by atoms with Crippen molar-refractivity contribution in [1.82, 2.24) is 4.98 Å². The van der Waals surface area contributed by atoms with Crippen molar-refractivity contribution < 1.29 is 9.90 Å². The lowest BCUT2D eigenvalue weighted by molar-refractivity contribution is -0.137. The minimum Gasteiger partial charge on any atom is -0.481 e. The Morgan fingerprint density at radius 2 is 2.19 bits per heavy atom. The molecule has 1 aliphatic heterocycles. The van der Waals surface area contributed by atoms with E-state index < -0.39 is 5.97 Å². The van der Waals surface area contributed by atoms with Crippen molar-refractivity contribution in [2.45, 2.75) is 25.8 Å². The second kappa shape index (κ2) is 5.56. The van der Waals surface area contributed by atoms with Crippen LogP contribution >= 0.6 is 0 Å². The predicted molar refractivity (Wildman–Crippen MR) is 81.5 cm³/mol. The Bertz CT molecular complexity index is 669. The van der Waals surface area contributed by atoms with Gasteiger partial charge in [-0.2, -0.15) is 0 Å². The van der Waals surface area contributed by atoms with Gasteiger partial charge in [-0.1, -0.05) is 24.3 Å². The molecule has 1 atom stereocenters. The third-order valence-electron chi connectivity index (χ3n) is 3.88. The second-order valence-electron chi connectivity index (χ2n) is 5.60. The number of anilines is 1. The van der Waals surface area contributed by atoms with E-state index in [1.807, 2.05) is 37.5 Å². The Morgan fingerprint density at radius 1 is 1.38 bits per heavy atom. The molecule has 108 valence electrons. The lowest BCUT2D eigenvalue weighted by Crippen LogP contribution is -2.22. The van der Waals surface area contributed by atoms with Crippen LogP contribution in [0.5, 0.6) is 0 Å². The van der Waals surface area contributed by atoms with E-state index in [0.717, 1.165) is 35.5 Å². The molecule has 2 heterocycles. The standard InChI is InChI=1S/C17H18N2O2/c1-12-6-13(9-18-8-12)10-19-11-14(7-17(20)21)15-4-2-3-5-16(15)19/h2-6,8-9,14H,7,10-11H2,1H3,(H,20,21). The quantitative estimate of drug-likeness (QED) is 0.936. The van der Waals surface area contributed by atoms with E-state index >= 15 is 0 Å². The SMILES string of the molecule is Cc1cncc(CN2CC(CC(=O)O)c3ccccc32)c1. The molecule has 0 saturated carbocycles. The number of rotatable bonds is 4. The van der Waals surface area contributed by atoms with Gasteiger partial charge < -0.3 is 10.0 Å². The first kappa shape index (κ1) is 13.6. The second-order valence-corrected chi connectivity index (χ2v) is 5.60. The molecule has 1 aromatic carbocycles. The number of nitrogens with zero attached hydrogens (tertiary/aromatic N) is 2. The highest BCUT2D eigenvalue weighted by atomic mass is 16.4. The largest absolute Gasteiger partial charge is 0.481 e. The van der Waals surface area contributed by atoms with Crippen LogP contribution in [0.4, 0.5) is 5.69 Å². The Hall–Kier alpha value is -2.36. The van der Waals surface area contributed by atoms with Gasteiger partial charge in [0.25, 0.3) is 0 Å². The van der Waals surface area contributed by atoms with Crippen LogP contribution in [0.25, 0.3) is 0 Å². The number of hydrogen-bond donors (Lipinski definition) is 1. The van der Waals surface area contributed by atoms with Crippen molar-refractivity contribution in [3.63, 3.8) is 0 Å². The summed E-state index contributed by atoms with van der Waals surface area (Å²) in [5, 5.41) is 9.08. The highest BCUT2D eigenvalue weighted by Gasteiger charge is 2.29. The van der Waals surface area contributed by atoms with Crippen LogP contribution in [0.2, 0.25) is 0 Å². The van der Waals surface area contributed by atoms with Crippen molar-refractivity contribution in [2.75, 3.05) is 11.4 Å². The number of pyridine rings is 1.